The first-order valence-corrected chi connectivity index (χ1v) is 8.08. The minimum absolute atomic E-state index is 0.0102. The molecule has 128 valence electrons. The predicted octanol–water partition coefficient (Wildman–Crippen LogP) is 2.45. The average Bonchev–Trinajstić information content (AvgIpc) is 2.61. The van der Waals surface area contributed by atoms with Gasteiger partial charge in [-0.3, -0.25) is 4.79 Å². The van der Waals surface area contributed by atoms with Crippen LogP contribution in [0.2, 0.25) is 0 Å². The van der Waals surface area contributed by atoms with E-state index in [0.29, 0.717) is 31.0 Å². The number of carbonyl (C=O) groups is 1. The number of nitrogens with one attached hydrogen (secondary N) is 1. The van der Waals surface area contributed by atoms with Crippen molar-refractivity contribution < 1.29 is 14.6 Å². The van der Waals surface area contributed by atoms with Crippen molar-refractivity contribution in [1.29, 1.82) is 0 Å². The maximum atomic E-state index is 12.3. The molecule has 5 nitrogen and oxygen atoms in total. The third kappa shape index (κ3) is 5.06. The largest absolute Gasteiger partial charge is 0.478 e. The Labute approximate surface area is 142 Å². The molecular weight excluding hydrogens is 304 g/mol. The Hall–Kier alpha value is -2.40. The SMILES string of the molecule is CCOc1ccc(C(=O)NC[C@](C)(CO)Cc2ccccc2)cn1. The molecule has 0 spiro atoms. The van der Waals surface area contributed by atoms with Crippen molar-refractivity contribution in [3.8, 4) is 5.88 Å². The zero-order valence-electron chi connectivity index (χ0n) is 14.2. The van der Waals surface area contributed by atoms with Gasteiger partial charge in [0.1, 0.15) is 0 Å². The van der Waals surface area contributed by atoms with Gasteiger partial charge < -0.3 is 15.2 Å². The third-order valence-electron chi connectivity index (χ3n) is 3.82. The summed E-state index contributed by atoms with van der Waals surface area (Å²) in [5.41, 5.74) is 1.18. The van der Waals surface area contributed by atoms with Crippen LogP contribution in [0.25, 0.3) is 0 Å². The van der Waals surface area contributed by atoms with Crippen molar-refractivity contribution in [3.05, 3.63) is 59.8 Å². The van der Waals surface area contributed by atoms with Crippen molar-refractivity contribution in [3.63, 3.8) is 0 Å². The molecule has 1 heterocycles. The van der Waals surface area contributed by atoms with Crippen molar-refractivity contribution in [2.75, 3.05) is 19.8 Å². The lowest BCUT2D eigenvalue weighted by molar-refractivity contribution is 0.0895. The fourth-order valence-electron chi connectivity index (χ4n) is 2.41. The van der Waals surface area contributed by atoms with Gasteiger partial charge in [-0.2, -0.15) is 0 Å². The second kappa shape index (κ2) is 8.45. The van der Waals surface area contributed by atoms with Gasteiger partial charge in [0.15, 0.2) is 0 Å². The average molecular weight is 328 g/mol. The van der Waals surface area contributed by atoms with E-state index in [2.05, 4.69) is 10.3 Å². The summed E-state index contributed by atoms with van der Waals surface area (Å²) in [4.78, 5) is 16.3. The topological polar surface area (TPSA) is 71.5 Å². The molecule has 2 N–H and O–H groups in total. The van der Waals surface area contributed by atoms with Gasteiger partial charge in [-0.15, -0.1) is 0 Å². The number of aliphatic hydroxyl groups excluding tert-OH is 1. The normalized spacial score (nSPS) is 13.1. The van der Waals surface area contributed by atoms with Crippen LogP contribution in [0.1, 0.15) is 29.8 Å². The number of aliphatic hydroxyl groups is 1. The smallest absolute Gasteiger partial charge is 0.252 e. The molecule has 0 aliphatic heterocycles. The molecule has 5 heteroatoms. The Bertz CT molecular complexity index is 643. The predicted molar refractivity (Wildman–Crippen MR) is 93.1 cm³/mol. The number of nitrogens with zero attached hydrogens (tertiary/aromatic N) is 1. The fraction of sp³-hybridized carbons (Fsp3) is 0.368. The summed E-state index contributed by atoms with van der Waals surface area (Å²) in [6.45, 7) is 4.74. The second-order valence-electron chi connectivity index (χ2n) is 6.13. The molecule has 2 rings (SSSR count). The standard InChI is InChI=1S/C19H24N2O3/c1-3-24-17-10-9-16(12-20-17)18(23)21-13-19(2,14-22)11-15-7-5-4-6-8-15/h4-10,12,22H,3,11,13-14H2,1-2H3,(H,21,23)/t19-/m1/s1. The quantitative estimate of drug-likeness (QED) is 0.781. The second-order valence-corrected chi connectivity index (χ2v) is 6.13. The Morgan fingerprint density at radius 3 is 2.58 bits per heavy atom. The lowest BCUT2D eigenvalue weighted by atomic mass is 9.84. The molecule has 1 aromatic carbocycles. The highest BCUT2D eigenvalue weighted by Crippen LogP contribution is 2.21. The lowest BCUT2D eigenvalue weighted by Gasteiger charge is -2.27. The van der Waals surface area contributed by atoms with Crippen LogP contribution < -0.4 is 10.1 Å². The van der Waals surface area contributed by atoms with E-state index in [1.807, 2.05) is 44.2 Å². The summed E-state index contributed by atoms with van der Waals surface area (Å²) in [6.07, 6.45) is 2.18. The maximum Gasteiger partial charge on any atom is 0.252 e. The number of hydrogen-bond donors (Lipinski definition) is 2. The van der Waals surface area contributed by atoms with Crippen molar-refractivity contribution in [2.24, 2.45) is 5.41 Å². The van der Waals surface area contributed by atoms with E-state index >= 15 is 0 Å². The van der Waals surface area contributed by atoms with E-state index in [4.69, 9.17) is 4.74 Å². The molecule has 2 aromatic rings. The number of benzene rings is 1. The molecule has 0 saturated heterocycles. The Morgan fingerprint density at radius 2 is 2.00 bits per heavy atom. The number of pyridine rings is 1. The first kappa shape index (κ1) is 17.9. The molecule has 0 radical (unpaired) electrons. The number of rotatable bonds is 8. The minimum atomic E-state index is -0.421. The number of amides is 1. The van der Waals surface area contributed by atoms with Crippen LogP contribution in [0.3, 0.4) is 0 Å². The summed E-state index contributed by atoms with van der Waals surface area (Å²) >= 11 is 0. The first-order valence-electron chi connectivity index (χ1n) is 8.08. The summed E-state index contributed by atoms with van der Waals surface area (Å²) < 4.78 is 5.26. The fourth-order valence-corrected chi connectivity index (χ4v) is 2.41. The summed E-state index contributed by atoms with van der Waals surface area (Å²) in [5, 5.41) is 12.6. The van der Waals surface area contributed by atoms with Crippen LogP contribution in [0.4, 0.5) is 0 Å². The van der Waals surface area contributed by atoms with Crippen LogP contribution in [0, 0.1) is 5.41 Å². The molecular formula is C19H24N2O3. The van der Waals surface area contributed by atoms with Gasteiger partial charge in [-0.1, -0.05) is 37.3 Å². The van der Waals surface area contributed by atoms with Gasteiger partial charge in [0.25, 0.3) is 5.91 Å². The molecule has 0 fully saturated rings. The molecule has 0 saturated carbocycles. The van der Waals surface area contributed by atoms with E-state index in [1.165, 1.54) is 6.20 Å². The van der Waals surface area contributed by atoms with E-state index < -0.39 is 5.41 Å². The number of aromatic nitrogens is 1. The monoisotopic (exact) mass is 328 g/mol. The zero-order chi connectivity index (χ0) is 17.4. The molecule has 24 heavy (non-hydrogen) atoms. The maximum absolute atomic E-state index is 12.3. The van der Waals surface area contributed by atoms with Crippen LogP contribution in [-0.4, -0.2) is 35.8 Å². The van der Waals surface area contributed by atoms with Crippen molar-refractivity contribution in [1.82, 2.24) is 10.3 Å². The van der Waals surface area contributed by atoms with Gasteiger partial charge in [0, 0.05) is 24.2 Å². The third-order valence-corrected chi connectivity index (χ3v) is 3.82. The Kier molecular flexibility index (Phi) is 6.32. The van der Waals surface area contributed by atoms with E-state index in [-0.39, 0.29) is 12.5 Å². The molecule has 0 aliphatic carbocycles. The van der Waals surface area contributed by atoms with Crippen molar-refractivity contribution in [2.45, 2.75) is 20.3 Å². The molecule has 0 aliphatic rings. The molecule has 0 bridgehead atoms. The zero-order valence-corrected chi connectivity index (χ0v) is 14.2. The van der Waals surface area contributed by atoms with Gasteiger partial charge in [-0.05, 0) is 25.0 Å². The van der Waals surface area contributed by atoms with Gasteiger partial charge in [0.2, 0.25) is 5.88 Å². The molecule has 0 unspecified atom stereocenters. The first-order chi connectivity index (χ1) is 11.6. The van der Waals surface area contributed by atoms with Crippen LogP contribution in [0.15, 0.2) is 48.7 Å². The highest BCUT2D eigenvalue weighted by Gasteiger charge is 2.25. The van der Waals surface area contributed by atoms with Gasteiger partial charge in [0.05, 0.1) is 18.8 Å². The number of ether oxygens (including phenoxy) is 1. The van der Waals surface area contributed by atoms with Gasteiger partial charge in [-0.25, -0.2) is 4.98 Å². The lowest BCUT2D eigenvalue weighted by Crippen LogP contribution is -2.39. The number of hydrogen-bond acceptors (Lipinski definition) is 4. The molecule has 1 atom stereocenters. The Morgan fingerprint density at radius 1 is 1.25 bits per heavy atom. The van der Waals surface area contributed by atoms with E-state index in [9.17, 15) is 9.90 Å². The van der Waals surface area contributed by atoms with E-state index in [0.717, 1.165) is 5.56 Å². The number of carbonyl (C=O) groups excluding carboxylic acids is 1. The summed E-state index contributed by atoms with van der Waals surface area (Å²) in [5.74, 6) is 0.289. The molecule has 1 aromatic heterocycles. The highest BCUT2D eigenvalue weighted by atomic mass is 16.5. The highest BCUT2D eigenvalue weighted by molar-refractivity contribution is 5.93. The Balaban J connectivity index is 1.95. The van der Waals surface area contributed by atoms with Crippen LogP contribution in [-0.2, 0) is 6.42 Å². The van der Waals surface area contributed by atoms with Crippen molar-refractivity contribution >= 4 is 5.91 Å². The summed E-state index contributed by atoms with van der Waals surface area (Å²) in [7, 11) is 0. The van der Waals surface area contributed by atoms with Crippen LogP contribution >= 0.6 is 0 Å². The van der Waals surface area contributed by atoms with Crippen LogP contribution in [0.5, 0.6) is 5.88 Å². The van der Waals surface area contributed by atoms with E-state index in [1.54, 1.807) is 12.1 Å². The van der Waals surface area contributed by atoms with Gasteiger partial charge >= 0.3 is 0 Å². The minimum Gasteiger partial charge on any atom is -0.478 e. The molecule has 1 amide bonds. The summed E-state index contributed by atoms with van der Waals surface area (Å²) in [6, 6.07) is 13.3.